The van der Waals surface area contributed by atoms with E-state index in [1.54, 1.807) is 26.1 Å². The molecule has 1 rings (SSSR count). The molecule has 3 heteroatoms. The number of allylic oxidation sites excluding steroid dienone is 3. The molecule has 0 saturated heterocycles. The van der Waals surface area contributed by atoms with Crippen LogP contribution in [0, 0.1) is 13.8 Å². The first-order valence-corrected chi connectivity index (χ1v) is 4.97. The van der Waals surface area contributed by atoms with Crippen molar-refractivity contribution in [3.05, 3.63) is 51.7 Å². The number of hydrogen-bond acceptors (Lipinski definition) is 3. The summed E-state index contributed by atoms with van der Waals surface area (Å²) in [4.78, 5) is 15.4. The van der Waals surface area contributed by atoms with Gasteiger partial charge in [-0.05, 0) is 39.1 Å². The highest BCUT2D eigenvalue weighted by Crippen LogP contribution is 2.15. The van der Waals surface area contributed by atoms with Crippen LogP contribution in [0.3, 0.4) is 0 Å². The first kappa shape index (κ1) is 12.2. The van der Waals surface area contributed by atoms with Crippen molar-refractivity contribution < 1.29 is 4.42 Å². The predicted octanol–water partition coefficient (Wildman–Crippen LogP) is 2.87. The van der Waals surface area contributed by atoms with E-state index < -0.39 is 0 Å². The van der Waals surface area contributed by atoms with E-state index in [-0.39, 0.29) is 5.43 Å². The molecule has 0 N–H and O–H groups in total. The van der Waals surface area contributed by atoms with E-state index in [1.807, 2.05) is 13.0 Å². The first-order valence-electron chi connectivity index (χ1n) is 4.97. The monoisotopic (exact) mass is 217 g/mol. The van der Waals surface area contributed by atoms with Crippen molar-refractivity contribution in [2.24, 2.45) is 4.99 Å². The molecule has 0 aliphatic heterocycles. The van der Waals surface area contributed by atoms with Gasteiger partial charge in [0.1, 0.15) is 11.5 Å². The van der Waals surface area contributed by atoms with E-state index in [0.29, 0.717) is 17.1 Å². The van der Waals surface area contributed by atoms with Crippen LogP contribution in [0.25, 0.3) is 5.57 Å². The van der Waals surface area contributed by atoms with Crippen molar-refractivity contribution in [3.63, 3.8) is 0 Å². The molecule has 0 aliphatic rings. The molecule has 3 nitrogen and oxygen atoms in total. The highest BCUT2D eigenvalue weighted by atomic mass is 16.3. The van der Waals surface area contributed by atoms with Gasteiger partial charge < -0.3 is 4.42 Å². The molecule has 16 heavy (non-hydrogen) atoms. The van der Waals surface area contributed by atoms with Crippen LogP contribution in [0.5, 0.6) is 0 Å². The summed E-state index contributed by atoms with van der Waals surface area (Å²) in [6.45, 7) is 8.74. The molecule has 0 radical (unpaired) electrons. The van der Waals surface area contributed by atoms with Gasteiger partial charge in [0.05, 0.1) is 5.56 Å². The normalized spacial score (nSPS) is 12.1. The summed E-state index contributed by atoms with van der Waals surface area (Å²) in [7, 11) is 0. The lowest BCUT2D eigenvalue weighted by Crippen LogP contribution is -2.08. The summed E-state index contributed by atoms with van der Waals surface area (Å²) in [5.41, 5.74) is 1.44. The molecule has 0 bridgehead atoms. The minimum absolute atomic E-state index is 0.0186. The first-order chi connectivity index (χ1) is 7.56. The molecule has 0 spiro atoms. The van der Waals surface area contributed by atoms with Crippen LogP contribution in [-0.2, 0) is 0 Å². The number of hydrogen-bond donors (Lipinski definition) is 0. The van der Waals surface area contributed by atoms with Crippen molar-refractivity contribution in [3.8, 4) is 0 Å². The van der Waals surface area contributed by atoms with E-state index in [1.165, 1.54) is 6.07 Å². The average molecular weight is 217 g/mol. The number of rotatable bonds is 3. The maximum Gasteiger partial charge on any atom is 0.192 e. The third-order valence-electron chi connectivity index (χ3n) is 2.18. The lowest BCUT2D eigenvalue weighted by atomic mass is 10.1. The van der Waals surface area contributed by atoms with E-state index in [0.717, 1.165) is 5.57 Å². The van der Waals surface area contributed by atoms with Crippen LogP contribution in [0.2, 0.25) is 0 Å². The summed E-state index contributed by atoms with van der Waals surface area (Å²) in [5, 5.41) is 0. The van der Waals surface area contributed by atoms with Gasteiger partial charge in [0.25, 0.3) is 0 Å². The quantitative estimate of drug-likeness (QED) is 0.577. The maximum atomic E-state index is 11.8. The zero-order valence-electron chi connectivity index (χ0n) is 9.78. The highest BCUT2D eigenvalue weighted by molar-refractivity contribution is 5.66. The minimum Gasteiger partial charge on any atom is -0.466 e. The van der Waals surface area contributed by atoms with Crippen LogP contribution in [-0.4, -0.2) is 6.72 Å². The summed E-state index contributed by atoms with van der Waals surface area (Å²) in [5.74, 6) is 1.26. The molecular weight excluding hydrogens is 202 g/mol. The lowest BCUT2D eigenvalue weighted by molar-refractivity contribution is 0.482. The molecule has 1 aromatic heterocycles. The molecule has 0 atom stereocenters. The summed E-state index contributed by atoms with van der Waals surface area (Å²) >= 11 is 0. The van der Waals surface area contributed by atoms with E-state index in [4.69, 9.17) is 4.42 Å². The Hall–Kier alpha value is -1.90. The Balaban J connectivity index is 3.23. The SMILES string of the molecule is C=N/C=C\C=C(/C)c1c(C)oc(C)cc1=O. The van der Waals surface area contributed by atoms with Crippen LogP contribution < -0.4 is 5.43 Å². The Morgan fingerprint density at radius 1 is 1.50 bits per heavy atom. The number of aliphatic imine (C=N–C) groups is 1. The molecule has 1 aromatic rings. The topological polar surface area (TPSA) is 42.6 Å². The summed E-state index contributed by atoms with van der Waals surface area (Å²) < 4.78 is 5.42. The van der Waals surface area contributed by atoms with Gasteiger partial charge >= 0.3 is 0 Å². The minimum atomic E-state index is -0.0186. The van der Waals surface area contributed by atoms with Crippen molar-refractivity contribution in [2.75, 3.05) is 0 Å². The molecule has 84 valence electrons. The third-order valence-corrected chi connectivity index (χ3v) is 2.18. The van der Waals surface area contributed by atoms with Gasteiger partial charge in [0.2, 0.25) is 0 Å². The Morgan fingerprint density at radius 3 is 2.75 bits per heavy atom. The molecule has 0 aliphatic carbocycles. The molecule has 0 amide bonds. The second kappa shape index (κ2) is 5.26. The zero-order chi connectivity index (χ0) is 12.1. The molecule has 0 saturated carbocycles. The van der Waals surface area contributed by atoms with E-state index >= 15 is 0 Å². The van der Waals surface area contributed by atoms with E-state index in [9.17, 15) is 4.79 Å². The molecule has 0 unspecified atom stereocenters. The lowest BCUT2D eigenvalue weighted by Gasteiger charge is -2.04. The molecule has 0 aromatic carbocycles. The van der Waals surface area contributed by atoms with Gasteiger partial charge in [-0.1, -0.05) is 6.08 Å². The Kier molecular flexibility index (Phi) is 4.00. The van der Waals surface area contributed by atoms with E-state index in [2.05, 4.69) is 11.7 Å². The fraction of sp³-hybridized carbons (Fsp3) is 0.231. The van der Waals surface area contributed by atoms with Crippen LogP contribution >= 0.6 is 0 Å². The fourth-order valence-corrected chi connectivity index (χ4v) is 1.56. The Bertz CT molecular complexity index is 507. The third kappa shape index (κ3) is 2.79. The van der Waals surface area contributed by atoms with Crippen LogP contribution in [0.1, 0.15) is 24.0 Å². The van der Waals surface area contributed by atoms with Crippen molar-refractivity contribution in [2.45, 2.75) is 20.8 Å². The van der Waals surface area contributed by atoms with Crippen molar-refractivity contribution in [1.82, 2.24) is 0 Å². The van der Waals surface area contributed by atoms with Gasteiger partial charge in [0.15, 0.2) is 5.43 Å². The highest BCUT2D eigenvalue weighted by Gasteiger charge is 2.07. The van der Waals surface area contributed by atoms with Crippen LogP contribution in [0.15, 0.2) is 38.6 Å². The Labute approximate surface area is 94.8 Å². The molecular formula is C13H15NO2. The van der Waals surface area contributed by atoms with Gasteiger partial charge in [-0.2, -0.15) is 0 Å². The second-order valence-corrected chi connectivity index (χ2v) is 3.53. The second-order valence-electron chi connectivity index (χ2n) is 3.53. The number of nitrogens with zero attached hydrogens (tertiary/aromatic N) is 1. The van der Waals surface area contributed by atoms with Crippen molar-refractivity contribution in [1.29, 1.82) is 0 Å². The smallest absolute Gasteiger partial charge is 0.192 e. The standard InChI is InChI=1S/C13H15NO2/c1-9(6-5-7-14-4)13-11(3)16-10(2)8-12(13)15/h5-8H,4H2,1-3H3/b7-5-,9-6+. The average Bonchev–Trinajstić information content (AvgIpc) is 2.16. The largest absolute Gasteiger partial charge is 0.466 e. The molecule has 1 heterocycles. The van der Waals surface area contributed by atoms with Gasteiger partial charge in [-0.15, -0.1) is 0 Å². The van der Waals surface area contributed by atoms with Gasteiger partial charge in [-0.25, -0.2) is 0 Å². The van der Waals surface area contributed by atoms with Crippen LogP contribution in [0.4, 0.5) is 0 Å². The fourth-order valence-electron chi connectivity index (χ4n) is 1.56. The predicted molar refractivity (Wildman–Crippen MR) is 66.8 cm³/mol. The zero-order valence-corrected chi connectivity index (χ0v) is 9.78. The summed E-state index contributed by atoms with van der Waals surface area (Å²) in [6, 6.07) is 1.50. The van der Waals surface area contributed by atoms with Crippen molar-refractivity contribution >= 4 is 12.3 Å². The Morgan fingerprint density at radius 2 is 2.19 bits per heavy atom. The van der Waals surface area contributed by atoms with Gasteiger partial charge in [-0.3, -0.25) is 9.79 Å². The van der Waals surface area contributed by atoms with Gasteiger partial charge in [0, 0.05) is 12.3 Å². The maximum absolute atomic E-state index is 11.8. The number of aryl methyl sites for hydroxylation is 2. The molecule has 0 fully saturated rings. The summed E-state index contributed by atoms with van der Waals surface area (Å²) in [6.07, 6.45) is 5.11.